The van der Waals surface area contributed by atoms with Crippen molar-refractivity contribution in [3.8, 4) is 11.3 Å². The molecule has 1 aromatic heterocycles. The van der Waals surface area contributed by atoms with Gasteiger partial charge in [0.15, 0.2) is 4.80 Å². The van der Waals surface area contributed by atoms with Crippen LogP contribution in [0.2, 0.25) is 0 Å². The van der Waals surface area contributed by atoms with Gasteiger partial charge in [-0.2, -0.15) is 4.31 Å². The molecule has 33 heavy (non-hydrogen) atoms. The molecule has 2 heterocycles. The smallest absolute Gasteiger partial charge is 0.243 e. The first kappa shape index (κ1) is 21.8. The van der Waals surface area contributed by atoms with E-state index >= 15 is 0 Å². The van der Waals surface area contributed by atoms with E-state index in [2.05, 4.69) is 22.1 Å². The van der Waals surface area contributed by atoms with E-state index < -0.39 is 10.0 Å². The third kappa shape index (κ3) is 4.71. The summed E-state index contributed by atoms with van der Waals surface area (Å²) in [5, 5.41) is 2.09. The molecule has 4 aromatic rings. The topological polar surface area (TPSA) is 54.7 Å². The van der Waals surface area contributed by atoms with E-state index in [1.165, 1.54) is 5.56 Å². The zero-order valence-electron chi connectivity index (χ0n) is 18.2. The molecule has 0 atom stereocenters. The van der Waals surface area contributed by atoms with Crippen molar-refractivity contribution >= 4 is 27.0 Å². The molecule has 1 aliphatic heterocycles. The highest BCUT2D eigenvalue weighted by molar-refractivity contribution is 7.89. The molecule has 1 fully saturated rings. The highest BCUT2D eigenvalue weighted by Crippen LogP contribution is 2.26. The number of thiazole rings is 1. The lowest BCUT2D eigenvalue weighted by Crippen LogP contribution is -2.27. The van der Waals surface area contributed by atoms with Crippen LogP contribution in [0.4, 0.5) is 5.69 Å². The van der Waals surface area contributed by atoms with Crippen molar-refractivity contribution < 1.29 is 8.42 Å². The minimum absolute atomic E-state index is 0.354. The first-order valence-corrected chi connectivity index (χ1v) is 13.4. The van der Waals surface area contributed by atoms with Crippen LogP contribution in [-0.4, -0.2) is 30.4 Å². The Labute approximate surface area is 198 Å². The van der Waals surface area contributed by atoms with Crippen molar-refractivity contribution in [1.82, 2.24) is 8.87 Å². The average Bonchev–Trinajstić information content (AvgIpc) is 3.52. The van der Waals surface area contributed by atoms with Crippen molar-refractivity contribution in [2.75, 3.05) is 13.1 Å². The van der Waals surface area contributed by atoms with Gasteiger partial charge in [0.25, 0.3) is 0 Å². The molecule has 7 heteroatoms. The minimum atomic E-state index is -3.42. The second-order valence-electron chi connectivity index (χ2n) is 8.06. The highest BCUT2D eigenvalue weighted by atomic mass is 32.2. The monoisotopic (exact) mass is 475 g/mol. The molecule has 1 saturated heterocycles. The highest BCUT2D eigenvalue weighted by Gasteiger charge is 2.27. The van der Waals surface area contributed by atoms with E-state index in [1.54, 1.807) is 27.8 Å². The first-order chi connectivity index (χ1) is 16.1. The van der Waals surface area contributed by atoms with Crippen molar-refractivity contribution in [3.63, 3.8) is 0 Å². The molecule has 168 valence electrons. The molecule has 5 rings (SSSR count). The third-order valence-corrected chi connectivity index (χ3v) is 8.59. The summed E-state index contributed by atoms with van der Waals surface area (Å²) in [5.74, 6) is 0. The molecular formula is C26H25N3O2S2. The van der Waals surface area contributed by atoms with Crippen molar-refractivity contribution in [1.29, 1.82) is 0 Å². The van der Waals surface area contributed by atoms with E-state index in [0.29, 0.717) is 24.5 Å². The molecule has 0 radical (unpaired) electrons. The summed E-state index contributed by atoms with van der Waals surface area (Å²) in [5.41, 5.74) is 4.07. The summed E-state index contributed by atoms with van der Waals surface area (Å²) >= 11 is 1.59. The Balaban J connectivity index is 1.54. The number of aromatic nitrogens is 1. The Bertz CT molecular complexity index is 1390. The Morgan fingerprint density at radius 1 is 0.818 bits per heavy atom. The number of benzene rings is 3. The summed E-state index contributed by atoms with van der Waals surface area (Å²) in [7, 11) is -3.42. The van der Waals surface area contributed by atoms with Gasteiger partial charge in [0, 0.05) is 18.5 Å². The molecule has 0 unspecified atom stereocenters. The largest absolute Gasteiger partial charge is 0.312 e. The zero-order valence-corrected chi connectivity index (χ0v) is 19.8. The van der Waals surface area contributed by atoms with Crippen LogP contribution in [0.25, 0.3) is 11.3 Å². The molecule has 0 aliphatic carbocycles. The number of sulfonamides is 1. The number of hydrogen-bond donors (Lipinski definition) is 0. The lowest BCUT2D eigenvalue weighted by atomic mass is 10.1. The molecule has 0 saturated carbocycles. The van der Waals surface area contributed by atoms with Crippen LogP contribution < -0.4 is 4.80 Å². The van der Waals surface area contributed by atoms with Crippen LogP contribution in [0, 0.1) is 0 Å². The van der Waals surface area contributed by atoms with E-state index in [1.807, 2.05) is 60.7 Å². The average molecular weight is 476 g/mol. The standard InChI is InChI=1S/C26H25N3O2S2/c30-33(31,28-17-7-8-18-28)24-15-13-22(14-16-24)25-20-32-26(27-23-11-5-2-6-12-23)29(25)19-21-9-3-1-4-10-21/h1-6,9-16,20H,7-8,17-19H2. The van der Waals surface area contributed by atoms with E-state index in [-0.39, 0.29) is 0 Å². The second kappa shape index (κ2) is 9.47. The molecular weight excluding hydrogens is 450 g/mol. The zero-order chi connectivity index (χ0) is 22.7. The fraction of sp³-hybridized carbons (Fsp3) is 0.192. The van der Waals surface area contributed by atoms with Gasteiger partial charge >= 0.3 is 0 Å². The lowest BCUT2D eigenvalue weighted by Gasteiger charge is -2.16. The molecule has 0 N–H and O–H groups in total. The Morgan fingerprint density at radius 2 is 1.45 bits per heavy atom. The molecule has 0 spiro atoms. The van der Waals surface area contributed by atoms with Crippen molar-refractivity contribution in [2.24, 2.45) is 4.99 Å². The number of rotatable bonds is 6. The van der Waals surface area contributed by atoms with E-state index in [4.69, 9.17) is 4.99 Å². The summed E-state index contributed by atoms with van der Waals surface area (Å²) in [6, 6.07) is 27.5. The lowest BCUT2D eigenvalue weighted by molar-refractivity contribution is 0.477. The summed E-state index contributed by atoms with van der Waals surface area (Å²) < 4.78 is 29.6. The number of nitrogens with zero attached hydrogens (tertiary/aromatic N) is 3. The van der Waals surface area contributed by atoms with Gasteiger partial charge in [0.05, 0.1) is 22.8 Å². The third-order valence-electron chi connectivity index (χ3n) is 5.82. The van der Waals surface area contributed by atoms with Gasteiger partial charge in [0.2, 0.25) is 10.0 Å². The second-order valence-corrected chi connectivity index (χ2v) is 10.8. The van der Waals surface area contributed by atoms with Crippen LogP contribution in [0.3, 0.4) is 0 Å². The summed E-state index contributed by atoms with van der Waals surface area (Å²) in [6.07, 6.45) is 1.86. The molecule has 0 amide bonds. The number of para-hydroxylation sites is 1. The fourth-order valence-electron chi connectivity index (χ4n) is 4.06. The molecule has 5 nitrogen and oxygen atoms in total. The molecule has 0 bridgehead atoms. The Morgan fingerprint density at radius 3 is 2.12 bits per heavy atom. The van der Waals surface area contributed by atoms with Gasteiger partial charge in [0.1, 0.15) is 0 Å². The van der Waals surface area contributed by atoms with E-state index in [0.717, 1.165) is 34.6 Å². The van der Waals surface area contributed by atoms with Gasteiger partial charge in [-0.3, -0.25) is 0 Å². The van der Waals surface area contributed by atoms with Crippen LogP contribution in [0.15, 0.2) is 100 Å². The molecule has 3 aromatic carbocycles. The maximum absolute atomic E-state index is 12.9. The van der Waals surface area contributed by atoms with Crippen LogP contribution in [0.5, 0.6) is 0 Å². The quantitative estimate of drug-likeness (QED) is 0.381. The fourth-order valence-corrected chi connectivity index (χ4v) is 6.50. The minimum Gasteiger partial charge on any atom is -0.312 e. The summed E-state index contributed by atoms with van der Waals surface area (Å²) in [4.78, 5) is 6.12. The van der Waals surface area contributed by atoms with Gasteiger partial charge in [-0.1, -0.05) is 60.7 Å². The predicted octanol–water partition coefficient (Wildman–Crippen LogP) is 5.28. The maximum Gasteiger partial charge on any atom is 0.243 e. The first-order valence-electron chi connectivity index (χ1n) is 11.0. The van der Waals surface area contributed by atoms with Crippen LogP contribution in [-0.2, 0) is 16.6 Å². The maximum atomic E-state index is 12.9. The van der Waals surface area contributed by atoms with Crippen LogP contribution in [0.1, 0.15) is 18.4 Å². The van der Waals surface area contributed by atoms with Gasteiger partial charge in [-0.15, -0.1) is 11.3 Å². The van der Waals surface area contributed by atoms with Crippen LogP contribution >= 0.6 is 11.3 Å². The van der Waals surface area contributed by atoms with E-state index in [9.17, 15) is 8.42 Å². The molecule has 1 aliphatic rings. The van der Waals surface area contributed by atoms with Crippen molar-refractivity contribution in [2.45, 2.75) is 24.3 Å². The van der Waals surface area contributed by atoms with Gasteiger partial charge < -0.3 is 4.57 Å². The van der Waals surface area contributed by atoms with Crippen molar-refractivity contribution in [3.05, 3.63) is 101 Å². The Kier molecular flexibility index (Phi) is 6.26. The normalized spacial score (nSPS) is 15.2. The predicted molar refractivity (Wildman–Crippen MR) is 133 cm³/mol. The SMILES string of the molecule is O=S(=O)(c1ccc(-c2csc(=Nc3ccccc3)n2Cc2ccccc2)cc1)N1CCCC1. The number of hydrogen-bond acceptors (Lipinski definition) is 4. The summed E-state index contributed by atoms with van der Waals surface area (Å²) in [6.45, 7) is 1.89. The van der Waals surface area contributed by atoms with Gasteiger partial charge in [-0.05, 0) is 48.2 Å². The Hall–Kier alpha value is -3.00. The van der Waals surface area contributed by atoms with Gasteiger partial charge in [-0.25, -0.2) is 13.4 Å².